The van der Waals surface area contributed by atoms with Gasteiger partial charge in [-0.2, -0.15) is 0 Å². The molecule has 0 heterocycles. The molecule has 0 fully saturated rings. The van der Waals surface area contributed by atoms with Crippen LogP contribution in [0.5, 0.6) is 0 Å². The van der Waals surface area contributed by atoms with Gasteiger partial charge in [-0.15, -0.1) is 6.58 Å². The fraction of sp³-hybridized carbons (Fsp3) is 0.429. The van der Waals surface area contributed by atoms with Gasteiger partial charge >= 0.3 is 0 Å². The second kappa shape index (κ2) is 8.02. The summed E-state index contributed by atoms with van der Waals surface area (Å²) in [5, 5.41) is 2.85. The molecule has 0 saturated carbocycles. The Morgan fingerprint density at radius 1 is 1.05 bits per heavy atom. The molecule has 0 aliphatic rings. The zero-order valence-corrected chi connectivity index (χ0v) is 13.6. The van der Waals surface area contributed by atoms with Crippen LogP contribution in [0.4, 0.5) is 0 Å². The molecule has 0 N–H and O–H groups in total. The van der Waals surface area contributed by atoms with E-state index in [1.807, 2.05) is 6.08 Å². The SMILES string of the molecule is C=CCCCCC(CC)c1c(CC)ccc2ccccc12. The second-order valence-corrected chi connectivity index (χ2v) is 5.89. The standard InChI is InChI=1S/C21H28/c1-4-7-8-9-12-17(5-2)21-18(6-3)15-16-19-13-10-11-14-20(19)21/h4,10-11,13-17H,1,5-9,12H2,2-3H3. The van der Waals surface area contributed by atoms with E-state index in [1.54, 1.807) is 5.56 Å². The van der Waals surface area contributed by atoms with Gasteiger partial charge in [-0.25, -0.2) is 0 Å². The number of rotatable bonds is 8. The fourth-order valence-corrected chi connectivity index (χ4v) is 3.36. The van der Waals surface area contributed by atoms with E-state index in [0.717, 1.165) is 12.8 Å². The van der Waals surface area contributed by atoms with Crippen molar-refractivity contribution in [2.24, 2.45) is 0 Å². The van der Waals surface area contributed by atoms with Gasteiger partial charge < -0.3 is 0 Å². The van der Waals surface area contributed by atoms with Crippen molar-refractivity contribution in [1.29, 1.82) is 0 Å². The maximum atomic E-state index is 3.82. The van der Waals surface area contributed by atoms with Crippen LogP contribution < -0.4 is 0 Å². The van der Waals surface area contributed by atoms with Gasteiger partial charge in [-0.3, -0.25) is 0 Å². The van der Waals surface area contributed by atoms with Gasteiger partial charge in [0.25, 0.3) is 0 Å². The first-order chi connectivity index (χ1) is 10.3. The van der Waals surface area contributed by atoms with Gasteiger partial charge in [0.05, 0.1) is 0 Å². The summed E-state index contributed by atoms with van der Waals surface area (Å²) in [4.78, 5) is 0. The Morgan fingerprint density at radius 3 is 2.57 bits per heavy atom. The fourth-order valence-electron chi connectivity index (χ4n) is 3.36. The summed E-state index contributed by atoms with van der Waals surface area (Å²) < 4.78 is 0. The lowest BCUT2D eigenvalue weighted by Gasteiger charge is -2.21. The molecule has 1 unspecified atom stereocenters. The third-order valence-corrected chi connectivity index (χ3v) is 4.55. The molecule has 2 aromatic carbocycles. The van der Waals surface area contributed by atoms with Gasteiger partial charge in [-0.1, -0.05) is 62.7 Å². The lowest BCUT2D eigenvalue weighted by atomic mass is 9.83. The molecule has 2 aromatic rings. The molecule has 0 aliphatic heterocycles. The largest absolute Gasteiger partial charge is 0.103 e. The van der Waals surface area contributed by atoms with E-state index in [1.165, 1.54) is 42.0 Å². The molecule has 0 radical (unpaired) electrons. The van der Waals surface area contributed by atoms with E-state index in [4.69, 9.17) is 0 Å². The molecule has 0 spiro atoms. The van der Waals surface area contributed by atoms with E-state index in [-0.39, 0.29) is 0 Å². The number of fused-ring (bicyclic) bond motifs is 1. The minimum Gasteiger partial charge on any atom is -0.103 e. The van der Waals surface area contributed by atoms with E-state index >= 15 is 0 Å². The molecule has 0 heteroatoms. The predicted octanol–water partition coefficient (Wildman–Crippen LogP) is 6.64. The van der Waals surface area contributed by atoms with Crippen molar-refractivity contribution in [3.8, 4) is 0 Å². The average molecular weight is 280 g/mol. The van der Waals surface area contributed by atoms with Crippen molar-refractivity contribution >= 4 is 10.8 Å². The van der Waals surface area contributed by atoms with Gasteiger partial charge in [0.2, 0.25) is 0 Å². The van der Waals surface area contributed by atoms with Crippen molar-refractivity contribution in [1.82, 2.24) is 0 Å². The number of benzene rings is 2. The monoisotopic (exact) mass is 280 g/mol. The van der Waals surface area contributed by atoms with Gasteiger partial charge in [0.1, 0.15) is 0 Å². The topological polar surface area (TPSA) is 0 Å². The quantitative estimate of drug-likeness (QED) is 0.375. The highest BCUT2D eigenvalue weighted by molar-refractivity contribution is 5.87. The van der Waals surface area contributed by atoms with Crippen molar-refractivity contribution in [3.63, 3.8) is 0 Å². The van der Waals surface area contributed by atoms with Crippen molar-refractivity contribution in [3.05, 3.63) is 60.2 Å². The Hall–Kier alpha value is -1.56. The van der Waals surface area contributed by atoms with Crippen molar-refractivity contribution < 1.29 is 0 Å². The number of unbranched alkanes of at least 4 members (excludes halogenated alkanes) is 2. The Labute approximate surface area is 129 Å². The molecular formula is C21H28. The van der Waals surface area contributed by atoms with Gasteiger partial charge in [0.15, 0.2) is 0 Å². The van der Waals surface area contributed by atoms with E-state index in [9.17, 15) is 0 Å². The first kappa shape index (κ1) is 15.8. The summed E-state index contributed by atoms with van der Waals surface area (Å²) in [6, 6.07) is 13.5. The van der Waals surface area contributed by atoms with Crippen LogP contribution in [0.2, 0.25) is 0 Å². The maximum Gasteiger partial charge on any atom is -0.0146 e. The highest BCUT2D eigenvalue weighted by atomic mass is 14.2. The van der Waals surface area contributed by atoms with Crippen LogP contribution in [0.3, 0.4) is 0 Å². The summed E-state index contributed by atoms with van der Waals surface area (Å²) in [6.07, 6.45) is 9.41. The lowest BCUT2D eigenvalue weighted by molar-refractivity contribution is 0.559. The highest BCUT2D eigenvalue weighted by Gasteiger charge is 2.15. The first-order valence-corrected chi connectivity index (χ1v) is 8.43. The molecule has 0 nitrogen and oxygen atoms in total. The van der Waals surface area contributed by atoms with Crippen LogP contribution in [-0.4, -0.2) is 0 Å². The van der Waals surface area contributed by atoms with E-state index in [2.05, 4.69) is 56.8 Å². The summed E-state index contributed by atoms with van der Waals surface area (Å²) in [7, 11) is 0. The number of hydrogen-bond acceptors (Lipinski definition) is 0. The Morgan fingerprint density at radius 2 is 1.86 bits per heavy atom. The molecule has 112 valence electrons. The minimum atomic E-state index is 0.691. The number of aryl methyl sites for hydroxylation is 1. The summed E-state index contributed by atoms with van der Waals surface area (Å²) >= 11 is 0. The van der Waals surface area contributed by atoms with Crippen LogP contribution in [-0.2, 0) is 6.42 Å². The Balaban J connectivity index is 2.33. The molecule has 21 heavy (non-hydrogen) atoms. The highest BCUT2D eigenvalue weighted by Crippen LogP contribution is 2.34. The zero-order chi connectivity index (χ0) is 15.1. The zero-order valence-electron chi connectivity index (χ0n) is 13.6. The minimum absolute atomic E-state index is 0.691. The molecule has 0 aliphatic carbocycles. The molecule has 0 amide bonds. The molecular weight excluding hydrogens is 252 g/mol. The maximum absolute atomic E-state index is 3.82. The van der Waals surface area contributed by atoms with Gasteiger partial charge in [-0.05, 0) is 59.9 Å². The molecule has 2 rings (SSSR count). The Bertz CT molecular complexity index is 580. The summed E-state index contributed by atoms with van der Waals surface area (Å²) in [5.74, 6) is 0.691. The van der Waals surface area contributed by atoms with Crippen molar-refractivity contribution in [2.75, 3.05) is 0 Å². The molecule has 0 saturated heterocycles. The number of hydrogen-bond donors (Lipinski definition) is 0. The second-order valence-electron chi connectivity index (χ2n) is 5.89. The third-order valence-electron chi connectivity index (χ3n) is 4.55. The molecule has 0 bridgehead atoms. The summed E-state index contributed by atoms with van der Waals surface area (Å²) in [6.45, 7) is 8.43. The van der Waals surface area contributed by atoms with Crippen LogP contribution in [0.15, 0.2) is 49.1 Å². The van der Waals surface area contributed by atoms with Crippen LogP contribution in [0.25, 0.3) is 10.8 Å². The first-order valence-electron chi connectivity index (χ1n) is 8.43. The van der Waals surface area contributed by atoms with E-state index < -0.39 is 0 Å². The molecule has 0 aromatic heterocycles. The van der Waals surface area contributed by atoms with Crippen LogP contribution >= 0.6 is 0 Å². The normalized spacial score (nSPS) is 12.5. The van der Waals surface area contributed by atoms with Crippen LogP contribution in [0.1, 0.15) is 63.0 Å². The van der Waals surface area contributed by atoms with Crippen molar-refractivity contribution in [2.45, 2.75) is 58.3 Å². The predicted molar refractivity (Wildman–Crippen MR) is 95.0 cm³/mol. The molecule has 1 atom stereocenters. The smallest absolute Gasteiger partial charge is 0.0146 e. The number of allylic oxidation sites excluding steroid dienone is 1. The lowest BCUT2D eigenvalue weighted by Crippen LogP contribution is -2.03. The summed E-state index contributed by atoms with van der Waals surface area (Å²) in [5.41, 5.74) is 3.14. The van der Waals surface area contributed by atoms with Crippen LogP contribution in [0, 0.1) is 0 Å². The average Bonchev–Trinajstić information content (AvgIpc) is 2.54. The van der Waals surface area contributed by atoms with Gasteiger partial charge in [0, 0.05) is 0 Å². The Kier molecular flexibility index (Phi) is 6.04. The third kappa shape index (κ3) is 3.75. The van der Waals surface area contributed by atoms with E-state index in [0.29, 0.717) is 5.92 Å².